The molecule has 3 aliphatic heterocycles. The maximum absolute atomic E-state index is 14.2. The number of benzene rings is 1. The van der Waals surface area contributed by atoms with Crippen LogP contribution in [0.3, 0.4) is 0 Å². The van der Waals surface area contributed by atoms with Crippen molar-refractivity contribution >= 4 is 23.7 Å². The van der Waals surface area contributed by atoms with Crippen LogP contribution in [-0.4, -0.2) is 77.9 Å². The molecule has 2 aromatic rings. The number of halogens is 2. The van der Waals surface area contributed by atoms with Crippen molar-refractivity contribution < 1.29 is 46.9 Å². The molecule has 2 bridgehead atoms. The molecule has 1 fully saturated rings. The SMILES string of the molecule is CO[C@@H](C)COC(=O)OCOc1c2n(cc(C(=O)NCc3ccc(F)cc3F)c1=O)[C@@H]1CN(C2=O)[C@@H](C)CC[C@]12CC(C)=NO2. The van der Waals surface area contributed by atoms with E-state index in [1.54, 1.807) is 11.8 Å². The zero-order chi connectivity index (χ0) is 32.5. The van der Waals surface area contributed by atoms with Gasteiger partial charge in [0, 0.05) is 50.5 Å². The number of pyridine rings is 1. The van der Waals surface area contributed by atoms with Crippen molar-refractivity contribution in [1.82, 2.24) is 14.8 Å². The summed E-state index contributed by atoms with van der Waals surface area (Å²) in [4.78, 5) is 60.8. The highest BCUT2D eigenvalue weighted by Gasteiger charge is 2.54. The first-order valence-electron chi connectivity index (χ1n) is 14.4. The number of methoxy groups -OCH3 is 1. The van der Waals surface area contributed by atoms with Crippen LogP contribution in [0.4, 0.5) is 13.6 Å². The van der Waals surface area contributed by atoms with Crippen molar-refractivity contribution in [2.24, 2.45) is 5.16 Å². The van der Waals surface area contributed by atoms with Gasteiger partial charge < -0.3 is 38.6 Å². The topological polar surface area (TPSA) is 147 Å². The Hall–Kier alpha value is -4.53. The monoisotopic (exact) mass is 632 g/mol. The highest BCUT2D eigenvalue weighted by atomic mass is 19.1. The first kappa shape index (κ1) is 31.9. The summed E-state index contributed by atoms with van der Waals surface area (Å²) in [5, 5.41) is 6.66. The third-order valence-corrected chi connectivity index (χ3v) is 8.34. The Balaban J connectivity index is 1.52. The molecule has 1 aromatic carbocycles. The van der Waals surface area contributed by atoms with Gasteiger partial charge in [0.05, 0.1) is 17.9 Å². The Morgan fingerprint density at radius 1 is 1.24 bits per heavy atom. The second-order valence-corrected chi connectivity index (χ2v) is 11.4. The normalized spacial score (nSPS) is 22.6. The van der Waals surface area contributed by atoms with Crippen LogP contribution in [0.15, 0.2) is 34.3 Å². The van der Waals surface area contributed by atoms with Crippen LogP contribution in [0.25, 0.3) is 0 Å². The van der Waals surface area contributed by atoms with E-state index >= 15 is 0 Å². The molecule has 15 heteroatoms. The van der Waals surface area contributed by atoms with E-state index in [-0.39, 0.29) is 37.0 Å². The van der Waals surface area contributed by atoms with Crippen molar-refractivity contribution in [2.45, 2.75) is 70.4 Å². The largest absolute Gasteiger partial charge is 0.511 e. The van der Waals surface area contributed by atoms with E-state index in [0.29, 0.717) is 25.3 Å². The van der Waals surface area contributed by atoms with Crippen LogP contribution < -0.4 is 15.5 Å². The number of oxime groups is 1. The zero-order valence-corrected chi connectivity index (χ0v) is 25.3. The smallest absolute Gasteiger partial charge is 0.451 e. The van der Waals surface area contributed by atoms with Gasteiger partial charge in [-0.3, -0.25) is 14.4 Å². The molecular formula is C30H34F2N4O9. The van der Waals surface area contributed by atoms with E-state index in [0.717, 1.165) is 11.8 Å². The zero-order valence-electron chi connectivity index (χ0n) is 25.3. The Labute approximate surface area is 257 Å². The predicted octanol–water partition coefficient (Wildman–Crippen LogP) is 3.30. The van der Waals surface area contributed by atoms with Gasteiger partial charge >= 0.3 is 6.16 Å². The third-order valence-electron chi connectivity index (χ3n) is 8.34. The first-order chi connectivity index (χ1) is 21.4. The van der Waals surface area contributed by atoms with Gasteiger partial charge in [0.1, 0.15) is 23.8 Å². The fourth-order valence-corrected chi connectivity index (χ4v) is 5.77. The van der Waals surface area contributed by atoms with Crippen molar-refractivity contribution in [3.05, 3.63) is 63.1 Å². The molecule has 0 radical (unpaired) electrons. The van der Waals surface area contributed by atoms with Crippen LogP contribution in [0, 0.1) is 11.6 Å². The number of hydrogen-bond donors (Lipinski definition) is 1. The molecule has 5 rings (SSSR count). The lowest BCUT2D eigenvalue weighted by molar-refractivity contribution is -0.0658. The summed E-state index contributed by atoms with van der Waals surface area (Å²) in [5.74, 6) is -3.60. The Bertz CT molecular complexity index is 1600. The molecule has 0 unspecified atom stereocenters. The maximum Gasteiger partial charge on any atom is 0.511 e. The summed E-state index contributed by atoms with van der Waals surface area (Å²) in [6.45, 7) is 4.33. The molecule has 2 amide bonds. The van der Waals surface area contributed by atoms with E-state index in [2.05, 4.69) is 10.5 Å². The molecule has 1 aromatic heterocycles. The molecule has 242 valence electrons. The first-order valence-corrected chi connectivity index (χ1v) is 14.4. The number of nitrogens with one attached hydrogen (secondary N) is 1. The summed E-state index contributed by atoms with van der Waals surface area (Å²) in [6.07, 6.45) is 1.33. The lowest BCUT2D eigenvalue weighted by Crippen LogP contribution is -2.52. The number of ether oxygens (including phenoxy) is 4. The Morgan fingerprint density at radius 3 is 2.71 bits per heavy atom. The number of carbonyl (C=O) groups is 3. The minimum absolute atomic E-state index is 0.0107. The molecule has 4 atom stereocenters. The van der Waals surface area contributed by atoms with Crippen LogP contribution in [0.2, 0.25) is 0 Å². The molecule has 13 nitrogen and oxygen atoms in total. The van der Waals surface area contributed by atoms with Gasteiger partial charge in [0.25, 0.3) is 11.8 Å². The van der Waals surface area contributed by atoms with E-state index in [1.165, 1.54) is 23.9 Å². The van der Waals surface area contributed by atoms with E-state index in [4.69, 9.17) is 23.8 Å². The number of aromatic nitrogens is 1. The number of fused-ring (bicyclic) bond motifs is 5. The van der Waals surface area contributed by atoms with Gasteiger partial charge in [-0.1, -0.05) is 11.2 Å². The molecule has 45 heavy (non-hydrogen) atoms. The average Bonchev–Trinajstić information content (AvgIpc) is 3.34. The molecule has 1 N–H and O–H groups in total. The number of nitrogens with zero attached hydrogens (tertiary/aromatic N) is 3. The fourth-order valence-electron chi connectivity index (χ4n) is 5.77. The molecule has 1 saturated heterocycles. The van der Waals surface area contributed by atoms with Crippen molar-refractivity contribution in [3.63, 3.8) is 0 Å². The highest BCUT2D eigenvalue weighted by Crippen LogP contribution is 2.46. The lowest BCUT2D eigenvalue weighted by Gasteiger charge is -2.42. The lowest BCUT2D eigenvalue weighted by atomic mass is 9.84. The second kappa shape index (κ2) is 12.8. The quantitative estimate of drug-likeness (QED) is 0.325. The van der Waals surface area contributed by atoms with Gasteiger partial charge in [-0.2, -0.15) is 0 Å². The molecule has 0 aliphatic carbocycles. The van der Waals surface area contributed by atoms with Gasteiger partial charge in [-0.25, -0.2) is 13.6 Å². The minimum atomic E-state index is -1.11. The van der Waals surface area contributed by atoms with E-state index < -0.39 is 70.9 Å². The van der Waals surface area contributed by atoms with Crippen molar-refractivity contribution in [2.75, 3.05) is 27.1 Å². The van der Waals surface area contributed by atoms with Gasteiger partial charge in [0.2, 0.25) is 18.0 Å². The molecular weight excluding hydrogens is 598 g/mol. The van der Waals surface area contributed by atoms with E-state index in [9.17, 15) is 28.0 Å². The van der Waals surface area contributed by atoms with Crippen LogP contribution in [0.5, 0.6) is 5.75 Å². The Kier molecular flexibility index (Phi) is 9.09. The summed E-state index contributed by atoms with van der Waals surface area (Å²) in [6, 6.07) is 2.09. The van der Waals surface area contributed by atoms with Gasteiger partial charge in [-0.15, -0.1) is 0 Å². The summed E-state index contributed by atoms with van der Waals surface area (Å²) in [7, 11) is 1.44. The summed E-state index contributed by atoms with van der Waals surface area (Å²) < 4.78 is 49.7. The van der Waals surface area contributed by atoms with Crippen molar-refractivity contribution in [1.29, 1.82) is 0 Å². The predicted molar refractivity (Wildman–Crippen MR) is 153 cm³/mol. The average molecular weight is 633 g/mol. The number of hydrogen-bond acceptors (Lipinski definition) is 10. The van der Waals surface area contributed by atoms with Crippen LogP contribution in [0.1, 0.15) is 72.5 Å². The fraction of sp³-hybridized carbons (Fsp3) is 0.500. The molecule has 3 aliphatic rings. The van der Waals surface area contributed by atoms with Gasteiger partial charge in [0.15, 0.2) is 11.3 Å². The third kappa shape index (κ3) is 6.34. The number of carbonyl (C=O) groups excluding carboxylic acids is 3. The summed E-state index contributed by atoms with van der Waals surface area (Å²) in [5.41, 5.74) is -1.67. The standard InChI is InChI=1S/C30H34F2N4O9/c1-16-10-30(45-34-16)8-7-17(2)35-13-23(30)36-12-21(27(38)33-11-19-5-6-20(31)9-22(19)32)25(37)26(24(36)28(35)39)43-15-44-29(40)42-14-18(3)41-4/h5-6,9,12,17-18,23H,7-8,10-11,13-15H2,1-4H3,(H,33,38)/t17-,18-,23+,30-/m0/s1. The van der Waals surface area contributed by atoms with E-state index in [1.807, 2.05) is 13.8 Å². The van der Waals surface area contributed by atoms with Crippen molar-refractivity contribution in [3.8, 4) is 5.75 Å². The van der Waals surface area contributed by atoms with Crippen LogP contribution >= 0.6 is 0 Å². The highest BCUT2D eigenvalue weighted by molar-refractivity contribution is 5.99. The second-order valence-electron chi connectivity index (χ2n) is 11.4. The summed E-state index contributed by atoms with van der Waals surface area (Å²) >= 11 is 0. The number of amides is 2. The minimum Gasteiger partial charge on any atom is -0.451 e. The Morgan fingerprint density at radius 2 is 2.02 bits per heavy atom. The van der Waals surface area contributed by atoms with Gasteiger partial charge in [-0.05, 0) is 39.7 Å². The van der Waals surface area contributed by atoms with Crippen LogP contribution in [-0.2, 0) is 25.6 Å². The number of rotatable bonds is 9. The molecule has 1 spiro atoms. The molecule has 0 saturated carbocycles. The maximum atomic E-state index is 14.2. The molecule has 4 heterocycles.